The third-order valence-electron chi connectivity index (χ3n) is 1.80. The molecule has 0 fully saturated rings. The second-order valence-corrected chi connectivity index (χ2v) is 4.60. The highest BCUT2D eigenvalue weighted by atomic mass is 32.1. The Morgan fingerprint density at radius 1 is 1.64 bits per heavy atom. The van der Waals surface area contributed by atoms with E-state index in [0.717, 1.165) is 6.42 Å². The van der Waals surface area contributed by atoms with Gasteiger partial charge in [0.1, 0.15) is 0 Å². The molecule has 0 aromatic carbocycles. The Hall–Kier alpha value is -1.07. The highest BCUT2D eigenvalue weighted by Crippen LogP contribution is 2.17. The third kappa shape index (κ3) is 3.35. The van der Waals surface area contributed by atoms with Gasteiger partial charge in [0.15, 0.2) is 0 Å². The molecule has 5 heteroatoms. The van der Waals surface area contributed by atoms with Crippen molar-refractivity contribution < 1.29 is 0 Å². The molecule has 78 valence electrons. The maximum atomic E-state index is 5.45. The van der Waals surface area contributed by atoms with E-state index < -0.39 is 0 Å². The van der Waals surface area contributed by atoms with Gasteiger partial charge in [-0.1, -0.05) is 0 Å². The van der Waals surface area contributed by atoms with E-state index in [4.69, 9.17) is 11.6 Å². The zero-order chi connectivity index (χ0) is 10.6. The predicted molar refractivity (Wildman–Crippen MR) is 61.2 cm³/mol. The van der Waals surface area contributed by atoms with Gasteiger partial charge in [-0.25, -0.2) is 10.8 Å². The summed E-state index contributed by atoms with van der Waals surface area (Å²) in [6, 6.07) is 4.39. The van der Waals surface area contributed by atoms with Crippen molar-refractivity contribution in [3.63, 3.8) is 0 Å². The monoisotopic (exact) mass is 212 g/mol. The number of guanidine groups is 1. The topological polar surface area (TPSA) is 76.4 Å². The van der Waals surface area contributed by atoms with Gasteiger partial charge in [-0.3, -0.25) is 5.43 Å². The molecule has 0 saturated carbocycles. The Bertz CT molecular complexity index is 318. The summed E-state index contributed by atoms with van der Waals surface area (Å²) in [4.78, 5) is 6.81. The van der Waals surface area contributed by atoms with Crippen molar-refractivity contribution in [1.29, 1.82) is 0 Å². The van der Waals surface area contributed by atoms with Crippen LogP contribution in [0.1, 0.15) is 16.7 Å². The lowest BCUT2D eigenvalue weighted by atomic mass is 10.2. The first kappa shape index (κ1) is 11.0. The number of hydrazine groups is 1. The molecule has 1 aromatic rings. The van der Waals surface area contributed by atoms with Crippen LogP contribution in [0.5, 0.6) is 0 Å². The molecule has 1 atom stereocenters. The molecule has 1 heterocycles. The second-order valence-electron chi connectivity index (χ2n) is 3.22. The minimum Gasteiger partial charge on any atom is -0.369 e. The van der Waals surface area contributed by atoms with Crippen molar-refractivity contribution in [2.75, 3.05) is 0 Å². The molecule has 0 saturated heterocycles. The summed E-state index contributed by atoms with van der Waals surface area (Å²) in [7, 11) is 0. The zero-order valence-corrected chi connectivity index (χ0v) is 9.27. The van der Waals surface area contributed by atoms with E-state index >= 15 is 0 Å². The van der Waals surface area contributed by atoms with Crippen LogP contribution >= 0.6 is 11.3 Å². The van der Waals surface area contributed by atoms with Crippen molar-refractivity contribution in [2.45, 2.75) is 26.3 Å². The number of nitrogens with zero attached hydrogens (tertiary/aromatic N) is 1. The van der Waals surface area contributed by atoms with E-state index in [9.17, 15) is 0 Å². The Balaban J connectivity index is 2.53. The Morgan fingerprint density at radius 2 is 2.36 bits per heavy atom. The van der Waals surface area contributed by atoms with Crippen molar-refractivity contribution in [3.05, 3.63) is 21.9 Å². The number of nitrogens with one attached hydrogen (secondary N) is 1. The summed E-state index contributed by atoms with van der Waals surface area (Å²) < 4.78 is 0. The van der Waals surface area contributed by atoms with Gasteiger partial charge >= 0.3 is 0 Å². The summed E-state index contributed by atoms with van der Waals surface area (Å²) >= 11 is 1.79. The number of aryl methyl sites for hydroxylation is 1. The van der Waals surface area contributed by atoms with E-state index in [1.165, 1.54) is 9.75 Å². The number of thiophene rings is 1. The number of aliphatic imine (C=N–C) groups is 1. The van der Waals surface area contributed by atoms with Crippen LogP contribution in [0.25, 0.3) is 0 Å². The van der Waals surface area contributed by atoms with Crippen LogP contribution in [0, 0.1) is 6.92 Å². The van der Waals surface area contributed by atoms with Crippen LogP contribution < -0.4 is 17.0 Å². The first-order valence-corrected chi connectivity index (χ1v) is 5.28. The molecule has 14 heavy (non-hydrogen) atoms. The summed E-state index contributed by atoms with van der Waals surface area (Å²) in [5.74, 6) is 5.40. The molecule has 0 amide bonds. The zero-order valence-electron chi connectivity index (χ0n) is 8.45. The first-order valence-electron chi connectivity index (χ1n) is 4.47. The molecular weight excluding hydrogens is 196 g/mol. The number of rotatable bonds is 3. The molecule has 5 N–H and O–H groups in total. The summed E-state index contributed by atoms with van der Waals surface area (Å²) in [6.45, 7) is 4.11. The Kier molecular flexibility index (Phi) is 3.91. The number of nitrogens with two attached hydrogens (primary N) is 2. The second kappa shape index (κ2) is 4.97. The minimum atomic E-state index is 0.157. The SMILES string of the molecule is Cc1ccc(CC(C)N=C(N)NN)s1. The molecule has 0 bridgehead atoms. The highest BCUT2D eigenvalue weighted by molar-refractivity contribution is 7.11. The van der Waals surface area contributed by atoms with E-state index in [-0.39, 0.29) is 12.0 Å². The van der Waals surface area contributed by atoms with E-state index in [1.807, 2.05) is 6.92 Å². The average molecular weight is 212 g/mol. The maximum Gasteiger partial charge on any atom is 0.203 e. The molecule has 0 aliphatic carbocycles. The Labute approximate surface area is 88.0 Å². The van der Waals surface area contributed by atoms with Crippen LogP contribution in [-0.2, 0) is 6.42 Å². The van der Waals surface area contributed by atoms with Crippen LogP contribution in [0.2, 0.25) is 0 Å². The normalized spacial score (nSPS) is 14.1. The van der Waals surface area contributed by atoms with E-state index in [2.05, 4.69) is 29.5 Å². The number of hydrogen-bond acceptors (Lipinski definition) is 3. The van der Waals surface area contributed by atoms with Gasteiger partial charge in [-0.05, 0) is 26.0 Å². The molecule has 0 aliphatic heterocycles. The van der Waals surface area contributed by atoms with Crippen LogP contribution in [-0.4, -0.2) is 12.0 Å². The van der Waals surface area contributed by atoms with Gasteiger partial charge in [-0.15, -0.1) is 11.3 Å². The van der Waals surface area contributed by atoms with E-state index in [0.29, 0.717) is 0 Å². The predicted octanol–water partition coefficient (Wildman–Crippen LogP) is 0.766. The lowest BCUT2D eigenvalue weighted by molar-refractivity contribution is 0.738. The fourth-order valence-corrected chi connectivity index (χ4v) is 2.22. The third-order valence-corrected chi connectivity index (χ3v) is 2.82. The van der Waals surface area contributed by atoms with Crippen molar-refractivity contribution in [1.82, 2.24) is 5.43 Å². The van der Waals surface area contributed by atoms with Gasteiger partial charge < -0.3 is 5.73 Å². The molecule has 1 unspecified atom stereocenters. The van der Waals surface area contributed by atoms with Gasteiger partial charge in [0.25, 0.3) is 0 Å². The molecule has 0 radical (unpaired) electrons. The van der Waals surface area contributed by atoms with Crippen LogP contribution in [0.4, 0.5) is 0 Å². The van der Waals surface area contributed by atoms with Gasteiger partial charge in [0.2, 0.25) is 5.96 Å². The fraction of sp³-hybridized carbons (Fsp3) is 0.444. The fourth-order valence-electron chi connectivity index (χ4n) is 1.21. The number of hydrogen-bond donors (Lipinski definition) is 3. The van der Waals surface area contributed by atoms with Gasteiger partial charge in [0.05, 0.1) is 6.04 Å². The lowest BCUT2D eigenvalue weighted by Crippen LogP contribution is -2.38. The minimum absolute atomic E-state index is 0.157. The average Bonchev–Trinajstić information content (AvgIpc) is 2.50. The summed E-state index contributed by atoms with van der Waals surface area (Å²) in [5, 5.41) is 0. The summed E-state index contributed by atoms with van der Waals surface area (Å²) in [6.07, 6.45) is 0.904. The standard InChI is InChI=1S/C9H16N4S/c1-6(12-9(10)13-11)5-8-4-3-7(2)14-8/h3-4,6H,5,11H2,1-2H3,(H3,10,12,13). The van der Waals surface area contributed by atoms with Crippen LogP contribution in [0.3, 0.4) is 0 Å². The molecule has 0 spiro atoms. The van der Waals surface area contributed by atoms with Crippen LogP contribution in [0.15, 0.2) is 17.1 Å². The molecule has 1 aromatic heterocycles. The Morgan fingerprint density at radius 3 is 2.86 bits per heavy atom. The molecule has 1 rings (SSSR count). The molecule has 4 nitrogen and oxygen atoms in total. The van der Waals surface area contributed by atoms with Crippen molar-refractivity contribution in [3.8, 4) is 0 Å². The molecule has 0 aliphatic rings. The lowest BCUT2D eigenvalue weighted by Gasteiger charge is -2.05. The molecular formula is C9H16N4S. The van der Waals surface area contributed by atoms with E-state index in [1.54, 1.807) is 11.3 Å². The first-order chi connectivity index (χ1) is 6.61. The summed E-state index contributed by atoms with van der Waals surface area (Å²) in [5.41, 5.74) is 7.77. The largest absolute Gasteiger partial charge is 0.369 e. The highest BCUT2D eigenvalue weighted by Gasteiger charge is 2.04. The van der Waals surface area contributed by atoms with Crippen molar-refractivity contribution in [2.24, 2.45) is 16.6 Å². The maximum absolute atomic E-state index is 5.45. The quantitative estimate of drug-likeness (QED) is 0.300. The smallest absolute Gasteiger partial charge is 0.203 e. The van der Waals surface area contributed by atoms with Crippen molar-refractivity contribution >= 4 is 17.3 Å². The van der Waals surface area contributed by atoms with Gasteiger partial charge in [0, 0.05) is 16.2 Å². The van der Waals surface area contributed by atoms with Gasteiger partial charge in [-0.2, -0.15) is 0 Å².